The third-order valence-electron chi connectivity index (χ3n) is 4.12. The monoisotopic (exact) mass is 378 g/mol. The first-order chi connectivity index (χ1) is 12.3. The van der Waals surface area contributed by atoms with E-state index in [-0.39, 0.29) is 23.0 Å². The second kappa shape index (κ2) is 8.31. The molecule has 0 aliphatic rings. The van der Waals surface area contributed by atoms with Crippen molar-refractivity contribution in [3.8, 4) is 0 Å². The molecular formula is C19H23FN2O3S. The molecule has 26 heavy (non-hydrogen) atoms. The Kier molecular flexibility index (Phi) is 6.37. The Morgan fingerprint density at radius 3 is 2.00 bits per heavy atom. The lowest BCUT2D eigenvalue weighted by Gasteiger charge is -2.27. The molecule has 1 amide bonds. The second-order valence-corrected chi connectivity index (χ2v) is 7.73. The molecule has 7 heteroatoms. The molecule has 2 aromatic rings. The van der Waals surface area contributed by atoms with E-state index >= 15 is 0 Å². The number of hydrogen-bond donors (Lipinski definition) is 0. The van der Waals surface area contributed by atoms with Crippen molar-refractivity contribution in [2.45, 2.75) is 25.7 Å². The maximum atomic E-state index is 13.3. The lowest BCUT2D eigenvalue weighted by atomic mass is 10.2. The summed E-state index contributed by atoms with van der Waals surface area (Å²) >= 11 is 0. The predicted molar refractivity (Wildman–Crippen MR) is 100 cm³/mol. The first kappa shape index (κ1) is 19.9. The van der Waals surface area contributed by atoms with Crippen LogP contribution in [-0.4, -0.2) is 38.9 Å². The Morgan fingerprint density at radius 2 is 1.50 bits per heavy atom. The number of likely N-dealkylation sites (N-methyl/N-ethyl adjacent to an activating group) is 1. The molecule has 0 saturated heterocycles. The molecule has 0 fully saturated rings. The van der Waals surface area contributed by atoms with Crippen LogP contribution in [0, 0.1) is 12.7 Å². The Bertz CT molecular complexity index is 845. The molecule has 0 aliphatic carbocycles. The number of sulfonamides is 1. The van der Waals surface area contributed by atoms with Gasteiger partial charge in [0.1, 0.15) is 12.4 Å². The summed E-state index contributed by atoms with van der Waals surface area (Å²) < 4.78 is 40.5. The number of halogens is 1. The van der Waals surface area contributed by atoms with Gasteiger partial charge in [0.05, 0.1) is 10.6 Å². The topological polar surface area (TPSA) is 57.7 Å². The summed E-state index contributed by atoms with van der Waals surface area (Å²) in [6.07, 6.45) is 0. The van der Waals surface area contributed by atoms with Crippen molar-refractivity contribution in [1.29, 1.82) is 0 Å². The first-order valence-corrected chi connectivity index (χ1v) is 9.86. The van der Waals surface area contributed by atoms with E-state index in [1.165, 1.54) is 36.4 Å². The van der Waals surface area contributed by atoms with Gasteiger partial charge in [0.2, 0.25) is 5.91 Å². The van der Waals surface area contributed by atoms with Crippen LogP contribution in [-0.2, 0) is 14.8 Å². The molecule has 0 N–H and O–H groups in total. The summed E-state index contributed by atoms with van der Waals surface area (Å²) in [5.74, 6) is -0.786. The van der Waals surface area contributed by atoms with Crippen LogP contribution < -0.4 is 4.31 Å². The number of amides is 1. The van der Waals surface area contributed by atoms with Gasteiger partial charge in [-0.05, 0) is 57.2 Å². The maximum absolute atomic E-state index is 13.3. The van der Waals surface area contributed by atoms with E-state index in [9.17, 15) is 17.6 Å². The van der Waals surface area contributed by atoms with Gasteiger partial charge in [-0.3, -0.25) is 9.10 Å². The molecule has 0 spiro atoms. The Balaban J connectivity index is 2.47. The van der Waals surface area contributed by atoms with Crippen molar-refractivity contribution in [3.05, 3.63) is 59.9 Å². The standard InChI is InChI=1S/C19H23FN2O3S/c1-4-21(5-2)19(23)14-22(17-10-8-16(20)9-11-17)26(24,25)18-12-6-15(3)7-13-18/h6-13H,4-5,14H2,1-3H3. The van der Waals surface area contributed by atoms with Gasteiger partial charge in [-0.15, -0.1) is 0 Å². The molecule has 0 aliphatic heterocycles. The van der Waals surface area contributed by atoms with Gasteiger partial charge in [0.15, 0.2) is 0 Å². The fourth-order valence-corrected chi connectivity index (χ4v) is 3.97. The molecule has 0 saturated carbocycles. The van der Waals surface area contributed by atoms with E-state index in [1.54, 1.807) is 17.0 Å². The average molecular weight is 378 g/mol. The van der Waals surface area contributed by atoms with Crippen LogP contribution >= 0.6 is 0 Å². The predicted octanol–water partition coefficient (Wildman–Crippen LogP) is 3.20. The summed E-state index contributed by atoms with van der Waals surface area (Å²) in [5, 5.41) is 0. The summed E-state index contributed by atoms with van der Waals surface area (Å²) in [4.78, 5) is 14.2. The Labute approximate surface area is 154 Å². The molecule has 140 valence electrons. The molecule has 2 aromatic carbocycles. The van der Waals surface area contributed by atoms with Crippen LogP contribution in [0.15, 0.2) is 53.4 Å². The number of benzene rings is 2. The average Bonchev–Trinajstić information content (AvgIpc) is 2.62. The van der Waals surface area contributed by atoms with Gasteiger partial charge in [-0.2, -0.15) is 0 Å². The van der Waals surface area contributed by atoms with Crippen molar-refractivity contribution in [2.75, 3.05) is 23.9 Å². The lowest BCUT2D eigenvalue weighted by molar-refractivity contribution is -0.129. The summed E-state index contributed by atoms with van der Waals surface area (Å²) in [6, 6.07) is 11.5. The largest absolute Gasteiger partial charge is 0.342 e. The highest BCUT2D eigenvalue weighted by molar-refractivity contribution is 7.92. The highest BCUT2D eigenvalue weighted by atomic mass is 32.2. The fourth-order valence-electron chi connectivity index (χ4n) is 2.56. The maximum Gasteiger partial charge on any atom is 0.264 e. The normalized spacial score (nSPS) is 11.2. The Hall–Kier alpha value is -2.41. The van der Waals surface area contributed by atoms with Crippen LogP contribution in [0.3, 0.4) is 0 Å². The van der Waals surface area contributed by atoms with E-state index < -0.39 is 15.8 Å². The van der Waals surface area contributed by atoms with E-state index in [2.05, 4.69) is 0 Å². The highest BCUT2D eigenvalue weighted by Gasteiger charge is 2.28. The zero-order valence-electron chi connectivity index (χ0n) is 15.1. The van der Waals surface area contributed by atoms with Crippen LogP contribution in [0.25, 0.3) is 0 Å². The number of hydrogen-bond acceptors (Lipinski definition) is 3. The van der Waals surface area contributed by atoms with E-state index in [1.807, 2.05) is 20.8 Å². The quantitative estimate of drug-likeness (QED) is 0.743. The van der Waals surface area contributed by atoms with Crippen molar-refractivity contribution < 1.29 is 17.6 Å². The second-order valence-electron chi connectivity index (χ2n) is 5.87. The third-order valence-corrected chi connectivity index (χ3v) is 5.91. The number of aryl methyl sites for hydroxylation is 1. The van der Waals surface area contributed by atoms with E-state index in [0.717, 1.165) is 9.87 Å². The highest BCUT2D eigenvalue weighted by Crippen LogP contribution is 2.24. The summed E-state index contributed by atoms with van der Waals surface area (Å²) in [5.41, 5.74) is 1.17. The minimum atomic E-state index is -3.97. The molecule has 5 nitrogen and oxygen atoms in total. The molecule has 0 atom stereocenters. The van der Waals surface area contributed by atoms with Crippen LogP contribution in [0.5, 0.6) is 0 Å². The number of nitrogens with zero attached hydrogens (tertiary/aromatic N) is 2. The van der Waals surface area contributed by atoms with Gasteiger partial charge in [-0.25, -0.2) is 12.8 Å². The molecular weight excluding hydrogens is 355 g/mol. The number of anilines is 1. The smallest absolute Gasteiger partial charge is 0.264 e. The van der Waals surface area contributed by atoms with Gasteiger partial charge in [-0.1, -0.05) is 17.7 Å². The van der Waals surface area contributed by atoms with Gasteiger partial charge < -0.3 is 4.90 Å². The summed E-state index contributed by atoms with van der Waals surface area (Å²) in [6.45, 7) is 6.14. The molecule has 0 bridgehead atoms. The van der Waals surface area contributed by atoms with Crippen molar-refractivity contribution in [2.24, 2.45) is 0 Å². The lowest BCUT2D eigenvalue weighted by Crippen LogP contribution is -2.43. The molecule has 0 radical (unpaired) electrons. The summed E-state index contributed by atoms with van der Waals surface area (Å²) in [7, 11) is -3.97. The first-order valence-electron chi connectivity index (χ1n) is 8.42. The number of rotatable bonds is 7. The molecule has 0 heterocycles. The Morgan fingerprint density at radius 1 is 0.962 bits per heavy atom. The van der Waals surface area contributed by atoms with Crippen LogP contribution in [0.1, 0.15) is 19.4 Å². The van der Waals surface area contributed by atoms with Crippen LogP contribution in [0.4, 0.5) is 10.1 Å². The van der Waals surface area contributed by atoms with Crippen molar-refractivity contribution >= 4 is 21.6 Å². The van der Waals surface area contributed by atoms with E-state index in [4.69, 9.17) is 0 Å². The van der Waals surface area contributed by atoms with Gasteiger partial charge in [0, 0.05) is 13.1 Å². The molecule has 2 rings (SSSR count). The zero-order chi connectivity index (χ0) is 19.3. The number of carbonyl (C=O) groups excluding carboxylic acids is 1. The minimum Gasteiger partial charge on any atom is -0.342 e. The van der Waals surface area contributed by atoms with Crippen molar-refractivity contribution in [3.63, 3.8) is 0 Å². The SMILES string of the molecule is CCN(CC)C(=O)CN(c1ccc(F)cc1)S(=O)(=O)c1ccc(C)cc1. The molecule has 0 unspecified atom stereocenters. The number of carbonyl (C=O) groups is 1. The minimum absolute atomic E-state index is 0.0831. The van der Waals surface area contributed by atoms with E-state index in [0.29, 0.717) is 13.1 Å². The van der Waals surface area contributed by atoms with Crippen molar-refractivity contribution in [1.82, 2.24) is 4.90 Å². The van der Waals surface area contributed by atoms with Gasteiger partial charge in [0.25, 0.3) is 10.0 Å². The third kappa shape index (κ3) is 4.40. The zero-order valence-corrected chi connectivity index (χ0v) is 16.0. The van der Waals surface area contributed by atoms with Crippen LogP contribution in [0.2, 0.25) is 0 Å². The van der Waals surface area contributed by atoms with Gasteiger partial charge >= 0.3 is 0 Å². The molecule has 0 aromatic heterocycles. The fraction of sp³-hybridized carbons (Fsp3) is 0.316.